The summed E-state index contributed by atoms with van der Waals surface area (Å²) in [7, 11) is 0. The van der Waals surface area contributed by atoms with Crippen LogP contribution in [0.4, 0.5) is 11.5 Å². The predicted octanol–water partition coefficient (Wildman–Crippen LogP) is 2.07. The second-order valence-corrected chi connectivity index (χ2v) is 3.93. The summed E-state index contributed by atoms with van der Waals surface area (Å²) in [5.74, 6) is 1.06. The normalized spacial score (nSPS) is 9.89. The van der Waals surface area contributed by atoms with E-state index in [4.69, 9.17) is 10.5 Å². The Balaban J connectivity index is 1.75. The van der Waals surface area contributed by atoms with Crippen LogP contribution in [0.5, 0.6) is 5.75 Å². The van der Waals surface area contributed by atoms with Crippen LogP contribution >= 0.6 is 0 Å². The van der Waals surface area contributed by atoms with Crippen LogP contribution in [0.15, 0.2) is 48.7 Å². The molecule has 0 fully saturated rings. The van der Waals surface area contributed by atoms with Crippen molar-refractivity contribution in [3.63, 3.8) is 0 Å². The molecular formula is C14H15N3O2. The Morgan fingerprint density at radius 2 is 2.16 bits per heavy atom. The number of nitrogens with two attached hydrogens (primary N) is 1. The first kappa shape index (κ1) is 12.9. The van der Waals surface area contributed by atoms with E-state index in [-0.39, 0.29) is 12.3 Å². The van der Waals surface area contributed by atoms with E-state index in [9.17, 15) is 4.79 Å². The molecule has 2 rings (SSSR count). The van der Waals surface area contributed by atoms with Crippen LogP contribution in [0.25, 0.3) is 0 Å². The van der Waals surface area contributed by atoms with Gasteiger partial charge < -0.3 is 15.8 Å². The second kappa shape index (κ2) is 6.39. The standard InChI is InChI=1S/C14H15N3O2/c15-11-4-3-5-12(10-11)19-9-7-14(18)17-13-6-1-2-8-16-13/h1-6,8,10H,7,9,15H2,(H,16,17,18). The molecular weight excluding hydrogens is 242 g/mol. The first-order chi connectivity index (χ1) is 9.24. The van der Waals surface area contributed by atoms with Crippen molar-refractivity contribution in [1.29, 1.82) is 0 Å². The molecule has 1 heterocycles. The summed E-state index contributed by atoms with van der Waals surface area (Å²) in [4.78, 5) is 15.6. The Hall–Kier alpha value is -2.56. The lowest BCUT2D eigenvalue weighted by molar-refractivity contribution is -0.116. The van der Waals surface area contributed by atoms with E-state index in [1.165, 1.54) is 0 Å². The van der Waals surface area contributed by atoms with Gasteiger partial charge >= 0.3 is 0 Å². The Morgan fingerprint density at radius 3 is 2.89 bits per heavy atom. The summed E-state index contributed by atoms with van der Waals surface area (Å²) >= 11 is 0. The molecule has 1 amide bonds. The highest BCUT2D eigenvalue weighted by Crippen LogP contribution is 2.14. The summed E-state index contributed by atoms with van der Waals surface area (Å²) in [6.45, 7) is 0.294. The second-order valence-electron chi connectivity index (χ2n) is 3.93. The number of hydrogen-bond acceptors (Lipinski definition) is 4. The molecule has 0 aliphatic rings. The van der Waals surface area contributed by atoms with Crippen molar-refractivity contribution in [2.75, 3.05) is 17.7 Å². The minimum atomic E-state index is -0.136. The number of carbonyl (C=O) groups excluding carboxylic acids is 1. The largest absolute Gasteiger partial charge is 0.493 e. The van der Waals surface area contributed by atoms with Crippen molar-refractivity contribution in [2.24, 2.45) is 0 Å². The lowest BCUT2D eigenvalue weighted by Crippen LogP contribution is -2.15. The molecule has 2 aromatic rings. The van der Waals surface area contributed by atoms with Gasteiger partial charge in [0.2, 0.25) is 5.91 Å². The summed E-state index contributed by atoms with van der Waals surface area (Å²) in [6, 6.07) is 12.4. The molecule has 0 radical (unpaired) electrons. The minimum Gasteiger partial charge on any atom is -0.493 e. The molecule has 0 aliphatic carbocycles. The van der Waals surface area contributed by atoms with Crippen molar-refractivity contribution in [1.82, 2.24) is 4.98 Å². The third-order valence-corrected chi connectivity index (χ3v) is 2.39. The van der Waals surface area contributed by atoms with Crippen LogP contribution in [-0.4, -0.2) is 17.5 Å². The molecule has 0 saturated heterocycles. The number of nitrogens with zero attached hydrogens (tertiary/aromatic N) is 1. The fourth-order valence-corrected chi connectivity index (χ4v) is 1.51. The molecule has 0 bridgehead atoms. The maximum atomic E-state index is 11.6. The van der Waals surface area contributed by atoms with Gasteiger partial charge in [-0.3, -0.25) is 4.79 Å². The molecule has 98 valence electrons. The molecule has 19 heavy (non-hydrogen) atoms. The highest BCUT2D eigenvalue weighted by atomic mass is 16.5. The number of aromatic nitrogens is 1. The van der Waals surface area contributed by atoms with Gasteiger partial charge in [0, 0.05) is 18.0 Å². The maximum Gasteiger partial charge on any atom is 0.228 e. The quantitative estimate of drug-likeness (QED) is 0.804. The van der Waals surface area contributed by atoms with E-state index in [0.29, 0.717) is 23.9 Å². The number of ether oxygens (including phenoxy) is 1. The molecule has 5 nitrogen and oxygen atoms in total. The highest BCUT2D eigenvalue weighted by Gasteiger charge is 2.03. The van der Waals surface area contributed by atoms with E-state index in [2.05, 4.69) is 10.3 Å². The fourth-order valence-electron chi connectivity index (χ4n) is 1.51. The van der Waals surface area contributed by atoms with E-state index in [1.54, 1.807) is 42.6 Å². The van der Waals surface area contributed by atoms with Crippen molar-refractivity contribution >= 4 is 17.4 Å². The highest BCUT2D eigenvalue weighted by molar-refractivity contribution is 5.89. The number of nitrogen functional groups attached to an aromatic ring is 1. The molecule has 0 saturated carbocycles. The zero-order chi connectivity index (χ0) is 13.5. The first-order valence-corrected chi connectivity index (χ1v) is 5.93. The van der Waals surface area contributed by atoms with Crippen molar-refractivity contribution in [2.45, 2.75) is 6.42 Å². The maximum absolute atomic E-state index is 11.6. The van der Waals surface area contributed by atoms with Crippen LogP contribution < -0.4 is 15.8 Å². The van der Waals surface area contributed by atoms with Crippen LogP contribution in [0.2, 0.25) is 0 Å². The third kappa shape index (κ3) is 4.31. The Morgan fingerprint density at radius 1 is 1.26 bits per heavy atom. The molecule has 1 aromatic carbocycles. The van der Waals surface area contributed by atoms with E-state index in [0.717, 1.165) is 0 Å². The number of anilines is 2. The number of amides is 1. The van der Waals surface area contributed by atoms with Crippen LogP contribution in [0.1, 0.15) is 6.42 Å². The van der Waals surface area contributed by atoms with Gasteiger partial charge in [0.15, 0.2) is 0 Å². The number of benzene rings is 1. The summed E-state index contributed by atoms with van der Waals surface area (Å²) in [5, 5.41) is 2.68. The van der Waals surface area contributed by atoms with Gasteiger partial charge in [0.1, 0.15) is 11.6 Å². The Kier molecular flexibility index (Phi) is 4.34. The van der Waals surface area contributed by atoms with Crippen molar-refractivity contribution in [3.8, 4) is 5.75 Å². The molecule has 0 atom stereocenters. The molecule has 0 aliphatic heterocycles. The average Bonchev–Trinajstić information content (AvgIpc) is 2.40. The van der Waals surface area contributed by atoms with Gasteiger partial charge in [-0.05, 0) is 24.3 Å². The van der Waals surface area contributed by atoms with Crippen LogP contribution in [0.3, 0.4) is 0 Å². The topological polar surface area (TPSA) is 77.2 Å². The first-order valence-electron chi connectivity index (χ1n) is 5.93. The van der Waals surface area contributed by atoms with Gasteiger partial charge in [0.25, 0.3) is 0 Å². The van der Waals surface area contributed by atoms with Gasteiger partial charge in [-0.25, -0.2) is 4.98 Å². The Bertz CT molecular complexity index is 543. The van der Waals surface area contributed by atoms with E-state index >= 15 is 0 Å². The van der Waals surface area contributed by atoms with Gasteiger partial charge in [0.05, 0.1) is 13.0 Å². The zero-order valence-corrected chi connectivity index (χ0v) is 10.4. The van der Waals surface area contributed by atoms with Gasteiger partial charge in [-0.15, -0.1) is 0 Å². The van der Waals surface area contributed by atoms with Crippen LogP contribution in [-0.2, 0) is 4.79 Å². The summed E-state index contributed by atoms with van der Waals surface area (Å²) < 4.78 is 5.43. The predicted molar refractivity (Wildman–Crippen MR) is 73.8 cm³/mol. The number of nitrogens with one attached hydrogen (secondary N) is 1. The van der Waals surface area contributed by atoms with Gasteiger partial charge in [-0.2, -0.15) is 0 Å². The number of hydrogen-bond donors (Lipinski definition) is 2. The summed E-state index contributed by atoms with van der Waals surface area (Å²) in [6.07, 6.45) is 1.88. The average molecular weight is 257 g/mol. The van der Waals surface area contributed by atoms with Gasteiger partial charge in [-0.1, -0.05) is 12.1 Å². The number of pyridine rings is 1. The van der Waals surface area contributed by atoms with Crippen molar-refractivity contribution < 1.29 is 9.53 Å². The van der Waals surface area contributed by atoms with E-state index < -0.39 is 0 Å². The third-order valence-electron chi connectivity index (χ3n) is 2.39. The minimum absolute atomic E-state index is 0.136. The monoisotopic (exact) mass is 257 g/mol. The number of carbonyl (C=O) groups is 1. The number of rotatable bonds is 5. The molecule has 1 aromatic heterocycles. The molecule has 3 N–H and O–H groups in total. The lowest BCUT2D eigenvalue weighted by Gasteiger charge is -2.07. The SMILES string of the molecule is Nc1cccc(OCCC(=O)Nc2ccccn2)c1. The summed E-state index contributed by atoms with van der Waals surface area (Å²) in [5.41, 5.74) is 6.26. The smallest absolute Gasteiger partial charge is 0.228 e. The van der Waals surface area contributed by atoms with Crippen LogP contribution in [0, 0.1) is 0 Å². The van der Waals surface area contributed by atoms with E-state index in [1.807, 2.05) is 6.07 Å². The Labute approximate surface area is 111 Å². The fraction of sp³-hybridized carbons (Fsp3) is 0.143. The molecule has 0 unspecified atom stereocenters. The van der Waals surface area contributed by atoms with Crippen molar-refractivity contribution in [3.05, 3.63) is 48.7 Å². The zero-order valence-electron chi connectivity index (χ0n) is 10.4. The molecule has 0 spiro atoms. The molecule has 5 heteroatoms. The lowest BCUT2D eigenvalue weighted by atomic mass is 10.3.